The van der Waals surface area contributed by atoms with Crippen molar-refractivity contribution in [3.63, 3.8) is 0 Å². The SMILES string of the molecule is COc1c(F)c(Br)nn1C(C)(C)C. The number of hydrogen-bond donors (Lipinski definition) is 0. The van der Waals surface area contributed by atoms with Crippen molar-refractivity contribution in [2.45, 2.75) is 26.3 Å². The molecule has 0 aliphatic rings. The molecule has 0 unspecified atom stereocenters. The van der Waals surface area contributed by atoms with Crippen molar-refractivity contribution in [2.75, 3.05) is 7.11 Å². The van der Waals surface area contributed by atoms with E-state index in [1.807, 2.05) is 20.8 Å². The summed E-state index contributed by atoms with van der Waals surface area (Å²) in [7, 11) is 1.43. The quantitative estimate of drug-likeness (QED) is 0.766. The summed E-state index contributed by atoms with van der Waals surface area (Å²) in [5, 5.41) is 3.99. The van der Waals surface area contributed by atoms with Gasteiger partial charge in [-0.3, -0.25) is 0 Å². The summed E-state index contributed by atoms with van der Waals surface area (Å²) in [6.07, 6.45) is 0. The molecule has 0 amide bonds. The van der Waals surface area contributed by atoms with E-state index in [1.54, 1.807) is 0 Å². The molecule has 0 saturated carbocycles. The fraction of sp³-hybridized carbons (Fsp3) is 0.625. The number of nitrogens with zero attached hydrogens (tertiary/aromatic N) is 2. The van der Waals surface area contributed by atoms with E-state index in [0.29, 0.717) is 0 Å². The van der Waals surface area contributed by atoms with Crippen molar-refractivity contribution >= 4 is 15.9 Å². The average molecular weight is 251 g/mol. The van der Waals surface area contributed by atoms with Crippen molar-refractivity contribution in [1.82, 2.24) is 9.78 Å². The second-order valence-corrected chi connectivity index (χ2v) is 4.45. The number of methoxy groups -OCH3 is 1. The molecule has 0 aliphatic carbocycles. The largest absolute Gasteiger partial charge is 0.479 e. The van der Waals surface area contributed by atoms with Crippen LogP contribution in [0.3, 0.4) is 0 Å². The Balaban J connectivity index is 3.30. The molecular formula is C8H12BrFN2O. The Morgan fingerprint density at radius 3 is 2.31 bits per heavy atom. The summed E-state index contributed by atoms with van der Waals surface area (Å²) < 4.78 is 19.9. The highest BCUT2D eigenvalue weighted by Gasteiger charge is 2.24. The van der Waals surface area contributed by atoms with Crippen LogP contribution in [0.4, 0.5) is 4.39 Å². The normalized spacial score (nSPS) is 11.8. The van der Waals surface area contributed by atoms with E-state index < -0.39 is 5.82 Å². The fourth-order valence-electron chi connectivity index (χ4n) is 0.989. The molecule has 3 nitrogen and oxygen atoms in total. The van der Waals surface area contributed by atoms with E-state index in [1.165, 1.54) is 11.8 Å². The molecule has 0 radical (unpaired) electrons. The minimum Gasteiger partial charge on any atom is -0.479 e. The van der Waals surface area contributed by atoms with Gasteiger partial charge in [-0.05, 0) is 36.7 Å². The Morgan fingerprint density at radius 1 is 1.46 bits per heavy atom. The van der Waals surface area contributed by atoms with E-state index in [4.69, 9.17) is 4.74 Å². The second-order valence-electron chi connectivity index (χ2n) is 3.70. The van der Waals surface area contributed by atoms with Crippen LogP contribution in [0.15, 0.2) is 4.60 Å². The van der Waals surface area contributed by atoms with Gasteiger partial charge in [0.2, 0.25) is 11.7 Å². The Labute approximate surface area is 85.0 Å². The summed E-state index contributed by atoms with van der Waals surface area (Å²) in [5.41, 5.74) is -0.293. The first-order chi connectivity index (χ1) is 5.88. The maximum Gasteiger partial charge on any atom is 0.250 e. The lowest BCUT2D eigenvalue weighted by molar-refractivity contribution is 0.273. The Hall–Kier alpha value is -0.580. The molecule has 0 fully saturated rings. The molecular weight excluding hydrogens is 239 g/mol. The zero-order valence-electron chi connectivity index (χ0n) is 8.06. The minimum atomic E-state index is -0.461. The first-order valence-electron chi connectivity index (χ1n) is 3.86. The lowest BCUT2D eigenvalue weighted by Gasteiger charge is -2.20. The van der Waals surface area contributed by atoms with Crippen molar-refractivity contribution < 1.29 is 9.13 Å². The molecule has 0 spiro atoms. The van der Waals surface area contributed by atoms with Gasteiger partial charge >= 0.3 is 0 Å². The van der Waals surface area contributed by atoms with E-state index in [0.717, 1.165) is 0 Å². The molecule has 13 heavy (non-hydrogen) atoms. The highest BCUT2D eigenvalue weighted by Crippen LogP contribution is 2.29. The number of halogens is 2. The molecule has 0 aliphatic heterocycles. The van der Waals surface area contributed by atoms with E-state index in [9.17, 15) is 4.39 Å². The molecule has 0 aromatic carbocycles. The molecule has 0 saturated heterocycles. The second kappa shape index (κ2) is 3.29. The smallest absolute Gasteiger partial charge is 0.250 e. The van der Waals surface area contributed by atoms with Gasteiger partial charge in [0.15, 0.2) is 4.60 Å². The van der Waals surface area contributed by atoms with E-state index in [-0.39, 0.29) is 16.0 Å². The lowest BCUT2D eigenvalue weighted by atomic mass is 10.1. The van der Waals surface area contributed by atoms with Crippen LogP contribution in [0.1, 0.15) is 20.8 Å². The van der Waals surface area contributed by atoms with Crippen molar-refractivity contribution in [1.29, 1.82) is 0 Å². The highest BCUT2D eigenvalue weighted by atomic mass is 79.9. The van der Waals surface area contributed by atoms with Gasteiger partial charge in [0.25, 0.3) is 0 Å². The Morgan fingerprint density at radius 2 is 2.00 bits per heavy atom. The van der Waals surface area contributed by atoms with Crippen LogP contribution in [-0.4, -0.2) is 16.9 Å². The van der Waals surface area contributed by atoms with Crippen LogP contribution in [0, 0.1) is 5.82 Å². The predicted molar refractivity (Wildman–Crippen MR) is 51.4 cm³/mol. The molecule has 74 valence electrons. The Kier molecular flexibility index (Phi) is 2.66. The van der Waals surface area contributed by atoms with Crippen LogP contribution >= 0.6 is 15.9 Å². The summed E-state index contributed by atoms with van der Waals surface area (Å²) >= 11 is 3.01. The minimum absolute atomic E-state index is 0.152. The van der Waals surface area contributed by atoms with Crippen molar-refractivity contribution in [3.05, 3.63) is 10.4 Å². The van der Waals surface area contributed by atoms with E-state index in [2.05, 4.69) is 21.0 Å². The average Bonchev–Trinajstić information content (AvgIpc) is 2.28. The molecule has 1 aromatic heterocycles. The highest BCUT2D eigenvalue weighted by molar-refractivity contribution is 9.10. The third-order valence-electron chi connectivity index (χ3n) is 1.58. The zero-order valence-corrected chi connectivity index (χ0v) is 9.64. The van der Waals surface area contributed by atoms with Crippen LogP contribution in [0.2, 0.25) is 0 Å². The van der Waals surface area contributed by atoms with Gasteiger partial charge in [-0.2, -0.15) is 9.49 Å². The van der Waals surface area contributed by atoms with Gasteiger partial charge in [0, 0.05) is 0 Å². The molecule has 0 bridgehead atoms. The summed E-state index contributed by atoms with van der Waals surface area (Å²) in [6, 6.07) is 0. The third-order valence-corrected chi connectivity index (χ3v) is 2.08. The molecule has 0 atom stereocenters. The summed E-state index contributed by atoms with van der Waals surface area (Å²) in [4.78, 5) is 0. The van der Waals surface area contributed by atoms with Gasteiger partial charge in [-0.25, -0.2) is 4.68 Å². The number of hydrogen-bond acceptors (Lipinski definition) is 2. The Bertz CT molecular complexity index is 317. The maximum absolute atomic E-state index is 13.3. The summed E-state index contributed by atoms with van der Waals surface area (Å²) in [5.74, 6) is -0.309. The summed E-state index contributed by atoms with van der Waals surface area (Å²) in [6.45, 7) is 5.78. The molecule has 5 heteroatoms. The van der Waals surface area contributed by atoms with E-state index >= 15 is 0 Å². The van der Waals surface area contributed by atoms with Gasteiger partial charge in [-0.1, -0.05) is 0 Å². The number of rotatable bonds is 1. The first-order valence-corrected chi connectivity index (χ1v) is 4.65. The number of ether oxygens (including phenoxy) is 1. The van der Waals surface area contributed by atoms with Crippen LogP contribution < -0.4 is 4.74 Å². The van der Waals surface area contributed by atoms with Gasteiger partial charge in [-0.15, -0.1) is 0 Å². The number of aromatic nitrogens is 2. The topological polar surface area (TPSA) is 27.1 Å². The standard InChI is InChI=1S/C8H12BrFN2O/c1-8(2,3)12-7(13-4)5(10)6(9)11-12/h1-4H3. The van der Waals surface area contributed by atoms with Gasteiger partial charge in [0.05, 0.1) is 12.6 Å². The molecule has 1 rings (SSSR count). The van der Waals surface area contributed by atoms with Crippen LogP contribution in [0.5, 0.6) is 5.88 Å². The third kappa shape index (κ3) is 1.85. The molecule has 1 aromatic rings. The fourth-order valence-corrected chi connectivity index (χ4v) is 1.32. The maximum atomic E-state index is 13.3. The molecule has 0 N–H and O–H groups in total. The monoisotopic (exact) mass is 250 g/mol. The first kappa shape index (κ1) is 10.5. The van der Waals surface area contributed by atoms with Gasteiger partial charge < -0.3 is 4.74 Å². The van der Waals surface area contributed by atoms with Crippen molar-refractivity contribution in [3.8, 4) is 5.88 Å². The van der Waals surface area contributed by atoms with Crippen molar-refractivity contribution in [2.24, 2.45) is 0 Å². The zero-order chi connectivity index (χ0) is 10.2. The molecule has 1 heterocycles. The van der Waals surface area contributed by atoms with Crippen LogP contribution in [0.25, 0.3) is 0 Å². The predicted octanol–water partition coefficient (Wildman–Crippen LogP) is 2.55. The van der Waals surface area contributed by atoms with Crippen LogP contribution in [-0.2, 0) is 5.54 Å². The van der Waals surface area contributed by atoms with Gasteiger partial charge in [0.1, 0.15) is 0 Å². The lowest BCUT2D eigenvalue weighted by Crippen LogP contribution is -2.23.